The highest BCUT2D eigenvalue weighted by atomic mass is 32.2. The molecule has 70 heavy (non-hydrogen) atoms. The Hall–Kier alpha value is -7.37. The van der Waals surface area contributed by atoms with Crippen LogP contribution in [0, 0.1) is 6.08 Å². The third kappa shape index (κ3) is 11.7. The average molecular weight is 1070 g/mol. The Morgan fingerprint density at radius 3 is 1.86 bits per heavy atom. The van der Waals surface area contributed by atoms with Crippen LogP contribution < -0.4 is 19.7 Å². The first-order valence-electron chi connectivity index (χ1n) is 18.6. The quantitative estimate of drug-likeness (QED) is 0.0392. The maximum Gasteiger partial charge on any atom is 0.315 e. The molecule has 0 spiro atoms. The summed E-state index contributed by atoms with van der Waals surface area (Å²) in [6, 6.07) is 11.2. The predicted molar refractivity (Wildman–Crippen MR) is 241 cm³/mol. The van der Waals surface area contributed by atoms with Crippen LogP contribution in [0.4, 0.5) is 50.4 Å². The van der Waals surface area contributed by atoms with Gasteiger partial charge in [-0.15, -0.1) is 20.5 Å². The number of methoxy groups -OCH3 is 2. The van der Waals surface area contributed by atoms with Crippen molar-refractivity contribution in [1.29, 1.82) is 0 Å². The lowest BCUT2D eigenvalue weighted by Gasteiger charge is -2.23. The molecule has 0 atom stereocenters. The molecule has 1 heterocycles. The van der Waals surface area contributed by atoms with E-state index in [-0.39, 0.29) is 28.6 Å². The van der Waals surface area contributed by atoms with Crippen LogP contribution in [0.2, 0.25) is 0 Å². The number of hydrogen-bond acceptors (Lipinski definition) is 23. The fourth-order valence-corrected chi connectivity index (χ4v) is 9.25. The van der Waals surface area contributed by atoms with Crippen molar-refractivity contribution in [3.05, 3.63) is 90.9 Å². The number of azo groups is 2. The summed E-state index contributed by atoms with van der Waals surface area (Å²) in [5, 5.41) is 38.7. The van der Waals surface area contributed by atoms with Gasteiger partial charge in [-0.3, -0.25) is 18.2 Å². The molecular formula is C37H32FN9O18S5. The highest BCUT2D eigenvalue weighted by Crippen LogP contribution is 2.47. The molecule has 0 unspecified atom stereocenters. The summed E-state index contributed by atoms with van der Waals surface area (Å²) in [6.45, 7) is 2.58. The first-order chi connectivity index (χ1) is 32.5. The maximum absolute atomic E-state index is 15.2. The lowest BCUT2D eigenvalue weighted by Crippen LogP contribution is -2.27. The number of ether oxygens (including phenoxy) is 2. The van der Waals surface area contributed by atoms with Gasteiger partial charge in [-0.1, -0.05) is 12.6 Å². The van der Waals surface area contributed by atoms with Crippen molar-refractivity contribution in [2.45, 2.75) is 19.6 Å². The zero-order valence-electron chi connectivity index (χ0n) is 35.2. The fourth-order valence-electron chi connectivity index (χ4n) is 6.13. The van der Waals surface area contributed by atoms with E-state index < -0.39 is 139 Å². The minimum absolute atomic E-state index is 0.0153. The molecule has 0 saturated carbocycles. The van der Waals surface area contributed by atoms with Gasteiger partial charge in [0.2, 0.25) is 11.9 Å². The zero-order valence-corrected chi connectivity index (χ0v) is 39.3. The lowest BCUT2D eigenvalue weighted by molar-refractivity contribution is 0.355. The molecular weight excluding hydrogens is 1040 g/mol. The molecule has 0 saturated heterocycles. The number of fused-ring (bicyclic) bond motifs is 1. The van der Waals surface area contributed by atoms with E-state index in [1.165, 1.54) is 20.3 Å². The number of anilines is 4. The van der Waals surface area contributed by atoms with Gasteiger partial charge in [0.25, 0.3) is 40.5 Å². The van der Waals surface area contributed by atoms with Gasteiger partial charge >= 0.3 is 6.08 Å². The third-order valence-electron chi connectivity index (χ3n) is 9.33. The zero-order chi connectivity index (χ0) is 51.7. The Morgan fingerprint density at radius 1 is 0.686 bits per heavy atom. The summed E-state index contributed by atoms with van der Waals surface area (Å²) in [4.78, 5) is 7.94. The molecule has 0 aliphatic carbocycles. The van der Waals surface area contributed by atoms with Crippen LogP contribution in [0.3, 0.4) is 0 Å². The van der Waals surface area contributed by atoms with E-state index in [2.05, 4.69) is 47.3 Å². The number of phenols is 2. The summed E-state index contributed by atoms with van der Waals surface area (Å²) in [5.74, 6) is -4.21. The minimum Gasteiger partial charge on any atom is -0.506 e. The Labute approximate surface area is 395 Å². The Morgan fingerprint density at radius 2 is 1.29 bits per heavy atom. The number of nitrogens with one attached hydrogen (secondary N) is 1. The van der Waals surface area contributed by atoms with Crippen LogP contribution in [0.5, 0.6) is 23.0 Å². The fraction of sp³-hybridized carbons (Fsp3) is 0.108. The lowest BCUT2D eigenvalue weighted by atomic mass is 10.1. The monoisotopic (exact) mass is 1070 g/mol. The van der Waals surface area contributed by atoms with Crippen LogP contribution in [0.15, 0.2) is 125 Å². The van der Waals surface area contributed by atoms with Crippen LogP contribution in [-0.4, -0.2) is 112 Å². The molecule has 1 aromatic heterocycles. The second kappa shape index (κ2) is 19.6. The van der Waals surface area contributed by atoms with Gasteiger partial charge in [-0.25, -0.2) is 8.42 Å². The summed E-state index contributed by atoms with van der Waals surface area (Å²) >= 11 is 0. The van der Waals surface area contributed by atoms with Crippen LogP contribution in [0.1, 0.15) is 0 Å². The molecule has 27 nitrogen and oxygen atoms in total. The van der Waals surface area contributed by atoms with Crippen molar-refractivity contribution in [3.63, 3.8) is 0 Å². The minimum atomic E-state index is -5.57. The van der Waals surface area contributed by atoms with E-state index in [4.69, 9.17) is 9.47 Å². The van der Waals surface area contributed by atoms with Crippen LogP contribution >= 0.6 is 0 Å². The molecule has 0 aliphatic rings. The van der Waals surface area contributed by atoms with Gasteiger partial charge in [0, 0.05) is 40.5 Å². The maximum atomic E-state index is 15.2. The molecule has 7 N–H and O–H groups in total. The molecule has 33 heteroatoms. The van der Waals surface area contributed by atoms with Crippen LogP contribution in [0.25, 0.3) is 10.8 Å². The SMILES string of the molecule is C=CS(=O)(=O)CCN(c1cccc(S(=O)(=O)O)c1)c1nc(F)nc(Nc2ccc3c(O)c(N=Nc4cc(OC)c(OC)cc4N=Nc4cc(S(=O)(=O)O)ccc4O)c(S(=O)(=O)O)cc3c2S(=O)(=O)O)n1. The van der Waals surface area contributed by atoms with E-state index >= 15 is 4.39 Å². The largest absolute Gasteiger partial charge is 0.506 e. The molecule has 0 radical (unpaired) electrons. The Kier molecular flexibility index (Phi) is 14.5. The standard InChI is InChI=1S/C37H32FN9O18S5/c1-4-66(50,51)13-12-47(19-6-5-7-20(14-19)67(52,53)54)37-41-35(38)40-36(42-37)39-24-10-9-22-23(34(24)70(61,62)63)16-31(69(58,59)60)32(33(22)49)46-44-26-18-30(65-3)29(64-2)17-25(26)43-45-27-15-21(68(55,56)57)8-11-28(27)48/h4-11,14-18,48-49H,1,12-13H2,2-3H3,(H,52,53,54)(H,55,56,57)(H,58,59,60)(H,61,62,63)(H,39,40,41,42). The number of sulfone groups is 1. The molecule has 0 aliphatic heterocycles. The second-order valence-electron chi connectivity index (χ2n) is 13.8. The van der Waals surface area contributed by atoms with Crippen molar-refractivity contribution in [2.75, 3.05) is 36.7 Å². The summed E-state index contributed by atoms with van der Waals surface area (Å²) < 4.78 is 190. The van der Waals surface area contributed by atoms with Crippen LogP contribution in [-0.2, 0) is 50.3 Å². The van der Waals surface area contributed by atoms with Gasteiger partial charge in [0.05, 0.1) is 35.5 Å². The van der Waals surface area contributed by atoms with E-state index in [1.807, 2.05) is 0 Å². The molecule has 0 bridgehead atoms. The predicted octanol–water partition coefficient (Wildman–Crippen LogP) is 5.85. The van der Waals surface area contributed by atoms with Crippen molar-refractivity contribution in [2.24, 2.45) is 20.5 Å². The molecule has 370 valence electrons. The third-order valence-corrected chi connectivity index (χ3v) is 14.1. The van der Waals surface area contributed by atoms with E-state index in [0.717, 1.165) is 65.6 Å². The summed E-state index contributed by atoms with van der Waals surface area (Å²) in [5.41, 5.74) is -3.18. The van der Waals surface area contributed by atoms with Gasteiger partial charge in [-0.05, 0) is 54.6 Å². The van der Waals surface area contributed by atoms with Gasteiger partial charge in [0.1, 0.15) is 38.3 Å². The summed E-state index contributed by atoms with van der Waals surface area (Å²) in [7, 11) is -22.3. The van der Waals surface area contributed by atoms with Gasteiger partial charge < -0.3 is 29.9 Å². The molecule has 6 aromatic rings. The highest BCUT2D eigenvalue weighted by Gasteiger charge is 2.29. The van der Waals surface area contributed by atoms with Crippen molar-refractivity contribution in [3.8, 4) is 23.0 Å². The Bertz CT molecular complexity index is 3770. The average Bonchev–Trinajstić information content (AvgIpc) is 3.26. The number of aromatic nitrogens is 3. The van der Waals surface area contributed by atoms with E-state index in [9.17, 15) is 70.5 Å². The second-order valence-corrected chi connectivity index (χ2v) is 21.5. The molecule has 0 amide bonds. The first-order valence-corrected chi connectivity index (χ1v) is 26.1. The number of phenolic OH excluding ortho intramolecular Hbond substituents is 2. The van der Waals surface area contributed by atoms with Crippen molar-refractivity contribution in [1.82, 2.24) is 15.0 Å². The first kappa shape index (κ1) is 52.0. The number of halogens is 1. The Balaban J connectivity index is 1.50. The molecule has 5 aromatic carbocycles. The number of nitrogens with zero attached hydrogens (tertiary/aromatic N) is 8. The highest BCUT2D eigenvalue weighted by molar-refractivity contribution is 7.94. The number of aromatic hydroxyl groups is 2. The summed E-state index contributed by atoms with van der Waals surface area (Å²) in [6.07, 6.45) is -1.60. The topological polar surface area (TPSA) is 414 Å². The van der Waals surface area contributed by atoms with Crippen molar-refractivity contribution < 1.29 is 84.4 Å². The number of benzene rings is 5. The van der Waals surface area contributed by atoms with Gasteiger partial charge in [0.15, 0.2) is 27.1 Å². The smallest absolute Gasteiger partial charge is 0.315 e. The molecule has 0 fully saturated rings. The van der Waals surface area contributed by atoms with Gasteiger partial charge in [-0.2, -0.15) is 53.0 Å². The van der Waals surface area contributed by atoms with Crippen molar-refractivity contribution >= 4 is 107 Å². The normalized spacial score (nSPS) is 12.7. The molecule has 6 rings (SSSR count). The van der Waals surface area contributed by atoms with E-state index in [0.29, 0.717) is 11.5 Å². The van der Waals surface area contributed by atoms with E-state index in [1.54, 1.807) is 0 Å². The number of hydrogen-bond donors (Lipinski definition) is 7. The number of rotatable bonds is 18.